The number of carbonyl (C=O) groups excluding carboxylic acids is 1. The predicted octanol–water partition coefficient (Wildman–Crippen LogP) is 6.97. The normalized spacial score (nSPS) is 21.0. The Morgan fingerprint density at radius 3 is 2.48 bits per heavy atom. The fourth-order valence-electron chi connectivity index (χ4n) is 7.32. The Morgan fingerprint density at radius 2 is 1.72 bits per heavy atom. The summed E-state index contributed by atoms with van der Waals surface area (Å²) >= 11 is 0. The van der Waals surface area contributed by atoms with Gasteiger partial charge in [-0.05, 0) is 100 Å². The molecule has 3 heterocycles. The number of benzene rings is 2. The largest absolute Gasteiger partial charge is 0.492 e. The smallest absolute Gasteiger partial charge is 0.320 e. The summed E-state index contributed by atoms with van der Waals surface area (Å²) in [6.45, 7) is 12.7. The molecule has 2 fully saturated rings. The van der Waals surface area contributed by atoms with Crippen LogP contribution in [-0.2, 0) is 0 Å². The van der Waals surface area contributed by atoms with Crippen molar-refractivity contribution in [1.82, 2.24) is 25.0 Å². The monoisotopic (exact) mass is 735 g/mol. The molecule has 0 unspecified atom stereocenters. The van der Waals surface area contributed by atoms with Crippen molar-refractivity contribution in [2.24, 2.45) is 16.1 Å². The maximum atomic E-state index is 13.7. The minimum atomic E-state index is -0.388. The molecule has 1 aromatic heterocycles. The average Bonchev–Trinajstić information content (AvgIpc) is 3.67. The van der Waals surface area contributed by atoms with Crippen molar-refractivity contribution in [3.05, 3.63) is 95.2 Å². The van der Waals surface area contributed by atoms with Crippen LogP contribution in [0.2, 0.25) is 0 Å². The third-order valence-corrected chi connectivity index (χ3v) is 10.6. The quantitative estimate of drug-likeness (QED) is 0.118. The minimum Gasteiger partial charge on any atom is -0.492 e. The zero-order chi connectivity index (χ0) is 38.2. The van der Waals surface area contributed by atoms with Gasteiger partial charge in [-0.15, -0.1) is 0 Å². The number of amidine groups is 1. The zero-order valence-corrected chi connectivity index (χ0v) is 32.2. The van der Waals surface area contributed by atoms with Crippen molar-refractivity contribution >= 4 is 23.5 Å². The number of nitrogens with one attached hydrogen (secondary N) is 4. The summed E-state index contributed by atoms with van der Waals surface area (Å²) < 4.78 is 14.2. The molecule has 1 aliphatic carbocycles. The molecule has 6 rings (SSSR count). The molecule has 2 saturated heterocycles. The third kappa shape index (κ3) is 9.90. The van der Waals surface area contributed by atoms with E-state index in [1.807, 2.05) is 69.3 Å². The summed E-state index contributed by atoms with van der Waals surface area (Å²) in [6, 6.07) is 18.7. The van der Waals surface area contributed by atoms with Crippen LogP contribution in [0.1, 0.15) is 95.9 Å². The molecular weight excluding hydrogens is 679 g/mol. The van der Waals surface area contributed by atoms with Gasteiger partial charge in [0.2, 0.25) is 5.96 Å². The molecule has 3 aromatic rings. The topological polar surface area (TPSA) is 157 Å². The molecule has 12 nitrogen and oxygen atoms in total. The first-order valence-corrected chi connectivity index (χ1v) is 19.4. The number of fused-ring (bicyclic) bond motifs is 1. The lowest BCUT2D eigenvalue weighted by molar-refractivity contribution is 0.170. The molecule has 0 radical (unpaired) electrons. The highest BCUT2D eigenvalue weighted by molar-refractivity contribution is 6.05. The van der Waals surface area contributed by atoms with Crippen LogP contribution in [0.5, 0.6) is 11.5 Å². The Balaban J connectivity index is 1.15. The van der Waals surface area contributed by atoms with Crippen LogP contribution in [0.25, 0.3) is 0 Å². The molecule has 3 atom stereocenters. The molecule has 0 saturated carbocycles. The van der Waals surface area contributed by atoms with E-state index in [0.29, 0.717) is 48.4 Å². The van der Waals surface area contributed by atoms with Crippen LogP contribution in [0, 0.1) is 16.2 Å². The number of amides is 2. The molecule has 288 valence electrons. The van der Waals surface area contributed by atoms with E-state index in [0.717, 1.165) is 62.3 Å². The number of carbonyl (C=O) groups is 1. The van der Waals surface area contributed by atoms with Gasteiger partial charge in [0.25, 0.3) is 0 Å². The van der Waals surface area contributed by atoms with Crippen LogP contribution in [-0.4, -0.2) is 71.0 Å². The molecule has 3 aliphatic rings. The zero-order valence-electron chi connectivity index (χ0n) is 32.2. The first-order chi connectivity index (χ1) is 25.9. The first kappa shape index (κ1) is 38.6. The molecular formula is C42H57N9O3. The van der Waals surface area contributed by atoms with E-state index < -0.39 is 0 Å². The number of rotatable bonds is 9. The highest BCUT2D eigenvalue weighted by Gasteiger charge is 2.30. The lowest BCUT2D eigenvalue weighted by atomic mass is 9.85. The number of piperidine rings is 1. The molecule has 2 aliphatic heterocycles. The summed E-state index contributed by atoms with van der Waals surface area (Å²) in [7, 11) is 0. The van der Waals surface area contributed by atoms with Gasteiger partial charge in [0.15, 0.2) is 0 Å². The Bertz CT molecular complexity index is 1910. The van der Waals surface area contributed by atoms with Crippen LogP contribution in [0.4, 0.5) is 10.5 Å². The van der Waals surface area contributed by atoms with E-state index in [9.17, 15) is 4.79 Å². The number of hydrogen-bond donors (Lipinski definition) is 5. The van der Waals surface area contributed by atoms with E-state index in [1.165, 1.54) is 12.8 Å². The van der Waals surface area contributed by atoms with E-state index >= 15 is 0 Å². The van der Waals surface area contributed by atoms with Crippen molar-refractivity contribution < 1.29 is 14.3 Å². The molecule has 12 heteroatoms. The first-order valence-electron chi connectivity index (χ1n) is 19.4. The minimum absolute atomic E-state index is 0.236. The molecule has 0 bridgehead atoms. The number of aromatic nitrogens is 1. The second-order valence-electron chi connectivity index (χ2n) is 15.7. The Kier molecular flexibility index (Phi) is 12.4. The van der Waals surface area contributed by atoms with E-state index in [-0.39, 0.29) is 35.1 Å². The highest BCUT2D eigenvalue weighted by Crippen LogP contribution is 2.38. The van der Waals surface area contributed by atoms with Gasteiger partial charge in [-0.3, -0.25) is 25.6 Å². The molecule has 0 spiro atoms. The summed E-state index contributed by atoms with van der Waals surface area (Å²) in [5.41, 5.74) is 9.58. The van der Waals surface area contributed by atoms with Crippen molar-refractivity contribution in [1.29, 1.82) is 10.8 Å². The van der Waals surface area contributed by atoms with Crippen molar-refractivity contribution in [2.45, 2.75) is 90.8 Å². The standard InChI is InChI=1S/C42H57N9O3/c1-29-12-7-8-23-50(29)40(45)51-28-32(17-20-38(51)44)54-36-19-18-35(33-15-5-6-16-34(33)36)47-41(52)48-39(27-37(43)42(2,3)4)46-30-13-11-14-31(26-30)53-25-24-49-21-9-10-22-49/h5-6,11,13-17,20,26-29,35-36,44-45H,7-10,12,18-19,21-25,43H2,1-4H3,(H2,46,47,48,52)/b37-27-,44-38?,45-40?/t29-,35-,36+/m0/s1. The summed E-state index contributed by atoms with van der Waals surface area (Å²) in [5, 5.41) is 23.6. The lowest BCUT2D eigenvalue weighted by Gasteiger charge is -2.36. The third-order valence-electron chi connectivity index (χ3n) is 10.6. The van der Waals surface area contributed by atoms with Gasteiger partial charge in [-0.25, -0.2) is 9.79 Å². The number of aliphatic imine (C=N–C) groups is 1. The maximum Gasteiger partial charge on any atom is 0.320 e. The number of pyridine rings is 1. The number of nitrogens with zero attached hydrogens (tertiary/aromatic N) is 4. The van der Waals surface area contributed by atoms with Crippen LogP contribution < -0.4 is 31.3 Å². The SMILES string of the molecule is C[C@H]1CCCCN1C(=N)n1cc(O[C@@H]2CC[C@H](NC(=O)NC(/C=C(\N)C(C)(C)C)=Nc3cccc(OCCN4CCCC4)c3)c3ccccc32)ccc1=N. The second-order valence-corrected chi connectivity index (χ2v) is 15.7. The second kappa shape index (κ2) is 17.4. The highest BCUT2D eigenvalue weighted by atomic mass is 16.5. The van der Waals surface area contributed by atoms with Gasteiger partial charge in [0.05, 0.1) is 17.9 Å². The fourth-order valence-corrected chi connectivity index (χ4v) is 7.32. The average molecular weight is 736 g/mol. The van der Waals surface area contributed by atoms with Gasteiger partial charge in [0, 0.05) is 42.4 Å². The van der Waals surface area contributed by atoms with Crippen molar-refractivity contribution in [3.8, 4) is 11.5 Å². The van der Waals surface area contributed by atoms with Crippen molar-refractivity contribution in [2.75, 3.05) is 32.8 Å². The van der Waals surface area contributed by atoms with Crippen LogP contribution >= 0.6 is 0 Å². The Hall–Kier alpha value is -5.10. The fraction of sp³-hybridized carbons (Fsp3) is 0.476. The van der Waals surface area contributed by atoms with Crippen LogP contribution in [0.15, 0.2) is 83.6 Å². The summed E-state index contributed by atoms with van der Waals surface area (Å²) in [4.78, 5) is 22.9. The van der Waals surface area contributed by atoms with Crippen molar-refractivity contribution in [3.63, 3.8) is 0 Å². The number of likely N-dealkylation sites (tertiary alicyclic amines) is 2. The van der Waals surface area contributed by atoms with Gasteiger partial charge in [-0.1, -0.05) is 51.1 Å². The van der Waals surface area contributed by atoms with E-state index in [4.69, 9.17) is 31.0 Å². The summed E-state index contributed by atoms with van der Waals surface area (Å²) in [6.07, 6.45) is 10.3. The van der Waals surface area contributed by atoms with Crippen LogP contribution in [0.3, 0.4) is 0 Å². The molecule has 6 N–H and O–H groups in total. The van der Waals surface area contributed by atoms with Gasteiger partial charge in [-0.2, -0.15) is 0 Å². The van der Waals surface area contributed by atoms with E-state index in [1.54, 1.807) is 29.0 Å². The number of urea groups is 1. The molecule has 2 aromatic carbocycles. The molecule has 2 amide bonds. The lowest BCUT2D eigenvalue weighted by Crippen LogP contribution is -2.47. The van der Waals surface area contributed by atoms with E-state index in [2.05, 4.69) is 27.4 Å². The van der Waals surface area contributed by atoms with Gasteiger partial charge in [0.1, 0.15) is 35.5 Å². The number of ether oxygens (including phenoxy) is 2. The number of hydrogen-bond acceptors (Lipinski definition) is 8. The number of allylic oxidation sites excluding steroid dienone is 1. The Morgan fingerprint density at radius 1 is 0.963 bits per heavy atom. The number of nitrogens with two attached hydrogens (primary N) is 1. The molecule has 54 heavy (non-hydrogen) atoms. The predicted molar refractivity (Wildman–Crippen MR) is 213 cm³/mol. The van der Waals surface area contributed by atoms with Gasteiger partial charge < -0.3 is 25.4 Å². The maximum absolute atomic E-state index is 13.7. The van der Waals surface area contributed by atoms with Gasteiger partial charge >= 0.3 is 6.03 Å². The summed E-state index contributed by atoms with van der Waals surface area (Å²) in [5.74, 6) is 1.94. The Labute approximate surface area is 319 Å².